The summed E-state index contributed by atoms with van der Waals surface area (Å²) in [4.78, 5) is 0. The Morgan fingerprint density at radius 1 is 1.32 bits per heavy atom. The largest absolute Gasteiger partial charge is 0.496 e. The molecule has 0 bridgehead atoms. The number of ether oxygens (including phenoxy) is 1. The second-order valence-electron chi connectivity index (χ2n) is 4.74. The van der Waals surface area contributed by atoms with Crippen molar-refractivity contribution in [3.05, 3.63) is 35.2 Å². The van der Waals surface area contributed by atoms with Gasteiger partial charge in [0.2, 0.25) is 0 Å². The lowest BCUT2D eigenvalue weighted by Gasteiger charge is -2.11. The Bertz CT molecular complexity index is 587. The van der Waals surface area contributed by atoms with Crippen LogP contribution < -0.4 is 10.5 Å². The Kier molecular flexibility index (Phi) is 3.90. The minimum Gasteiger partial charge on any atom is -0.496 e. The monoisotopic (exact) mass is 259 g/mol. The molecule has 1 aromatic heterocycles. The van der Waals surface area contributed by atoms with E-state index in [9.17, 15) is 0 Å². The third-order valence-electron chi connectivity index (χ3n) is 3.48. The van der Waals surface area contributed by atoms with Crippen LogP contribution in [0.1, 0.15) is 17.0 Å². The van der Waals surface area contributed by atoms with E-state index in [-0.39, 0.29) is 0 Å². The molecule has 19 heavy (non-hydrogen) atoms. The number of hydrogen-bond acceptors (Lipinski definition) is 3. The summed E-state index contributed by atoms with van der Waals surface area (Å²) in [6.07, 6.45) is 0.870. The van der Waals surface area contributed by atoms with Gasteiger partial charge >= 0.3 is 0 Å². The molecule has 0 saturated heterocycles. The lowest BCUT2D eigenvalue weighted by atomic mass is 9.99. The average molecular weight is 259 g/mol. The van der Waals surface area contributed by atoms with Crippen LogP contribution in [-0.4, -0.2) is 23.4 Å². The van der Waals surface area contributed by atoms with Crippen molar-refractivity contribution in [3.8, 4) is 16.9 Å². The first kappa shape index (κ1) is 13.6. The number of nitrogens with two attached hydrogens (primary N) is 1. The van der Waals surface area contributed by atoms with Crippen LogP contribution in [0, 0.1) is 13.8 Å². The maximum absolute atomic E-state index is 5.64. The van der Waals surface area contributed by atoms with Crippen LogP contribution in [0.3, 0.4) is 0 Å². The smallest absolute Gasteiger partial charge is 0.126 e. The summed E-state index contributed by atoms with van der Waals surface area (Å²) in [5.41, 5.74) is 11.3. The molecule has 0 aliphatic heterocycles. The summed E-state index contributed by atoms with van der Waals surface area (Å²) in [5, 5.41) is 4.47. The minimum atomic E-state index is 0.650. The van der Waals surface area contributed by atoms with Crippen molar-refractivity contribution in [1.82, 2.24) is 9.78 Å². The lowest BCUT2D eigenvalue weighted by molar-refractivity contribution is 0.416. The Balaban J connectivity index is 2.61. The molecule has 0 unspecified atom stereocenters. The highest BCUT2D eigenvalue weighted by atomic mass is 16.5. The van der Waals surface area contributed by atoms with Crippen LogP contribution in [0.4, 0.5) is 0 Å². The van der Waals surface area contributed by atoms with Crippen molar-refractivity contribution in [2.75, 3.05) is 13.7 Å². The highest BCUT2D eigenvalue weighted by molar-refractivity contribution is 5.75. The van der Waals surface area contributed by atoms with E-state index in [0.29, 0.717) is 6.54 Å². The highest BCUT2D eigenvalue weighted by Gasteiger charge is 2.16. The Morgan fingerprint density at radius 2 is 2.05 bits per heavy atom. The van der Waals surface area contributed by atoms with Crippen LogP contribution >= 0.6 is 0 Å². The maximum atomic E-state index is 5.64. The zero-order valence-corrected chi connectivity index (χ0v) is 12.0. The molecule has 2 aromatic rings. The van der Waals surface area contributed by atoms with Crippen molar-refractivity contribution in [3.63, 3.8) is 0 Å². The van der Waals surface area contributed by atoms with Crippen molar-refractivity contribution < 1.29 is 4.74 Å². The van der Waals surface area contributed by atoms with Gasteiger partial charge in [-0.3, -0.25) is 4.68 Å². The van der Waals surface area contributed by atoms with Gasteiger partial charge in [0.1, 0.15) is 5.75 Å². The second-order valence-corrected chi connectivity index (χ2v) is 4.74. The van der Waals surface area contributed by atoms with E-state index >= 15 is 0 Å². The molecule has 0 radical (unpaired) electrons. The molecule has 2 rings (SSSR count). The van der Waals surface area contributed by atoms with Gasteiger partial charge in [-0.05, 0) is 44.5 Å². The van der Waals surface area contributed by atoms with Crippen LogP contribution in [-0.2, 0) is 13.5 Å². The van der Waals surface area contributed by atoms with Gasteiger partial charge in [-0.25, -0.2) is 0 Å². The van der Waals surface area contributed by atoms with E-state index in [1.165, 1.54) is 5.56 Å². The van der Waals surface area contributed by atoms with E-state index < -0.39 is 0 Å². The molecule has 0 spiro atoms. The second kappa shape index (κ2) is 5.45. The molecule has 2 N–H and O–H groups in total. The van der Waals surface area contributed by atoms with Gasteiger partial charge in [0.25, 0.3) is 0 Å². The maximum Gasteiger partial charge on any atom is 0.126 e. The standard InChI is InChI=1S/C15H21N3O/c1-10-15(11(2)18(3)17-10)13-9-12(7-8-16)5-6-14(13)19-4/h5-6,9H,7-8,16H2,1-4H3. The van der Waals surface area contributed by atoms with Gasteiger partial charge in [0, 0.05) is 23.9 Å². The Labute approximate surface area is 114 Å². The van der Waals surface area contributed by atoms with Gasteiger partial charge in [-0.15, -0.1) is 0 Å². The summed E-state index contributed by atoms with van der Waals surface area (Å²) >= 11 is 0. The van der Waals surface area contributed by atoms with E-state index in [4.69, 9.17) is 10.5 Å². The van der Waals surface area contributed by atoms with E-state index in [0.717, 1.165) is 34.7 Å². The molecule has 102 valence electrons. The van der Waals surface area contributed by atoms with Gasteiger partial charge in [-0.1, -0.05) is 6.07 Å². The van der Waals surface area contributed by atoms with E-state index in [1.54, 1.807) is 7.11 Å². The van der Waals surface area contributed by atoms with Crippen LogP contribution in [0.2, 0.25) is 0 Å². The summed E-state index contributed by atoms with van der Waals surface area (Å²) in [6.45, 7) is 4.75. The van der Waals surface area contributed by atoms with Crippen LogP contribution in [0.5, 0.6) is 5.75 Å². The number of nitrogens with zero attached hydrogens (tertiary/aromatic N) is 2. The molecule has 0 aliphatic rings. The van der Waals surface area contributed by atoms with Crippen LogP contribution in [0.15, 0.2) is 18.2 Å². The molecular weight excluding hydrogens is 238 g/mol. The normalized spacial score (nSPS) is 10.8. The number of methoxy groups -OCH3 is 1. The summed E-state index contributed by atoms with van der Waals surface area (Å²) in [6, 6.07) is 6.23. The molecule has 0 saturated carbocycles. The lowest BCUT2D eigenvalue weighted by Crippen LogP contribution is -2.03. The van der Waals surface area contributed by atoms with Gasteiger partial charge < -0.3 is 10.5 Å². The number of hydrogen-bond donors (Lipinski definition) is 1. The zero-order chi connectivity index (χ0) is 14.0. The molecule has 0 fully saturated rings. The molecule has 1 heterocycles. The van der Waals surface area contributed by atoms with E-state index in [2.05, 4.69) is 24.2 Å². The first-order valence-corrected chi connectivity index (χ1v) is 6.46. The molecule has 4 heteroatoms. The number of benzene rings is 1. The van der Waals surface area contributed by atoms with Gasteiger partial charge in [0.15, 0.2) is 0 Å². The third kappa shape index (κ3) is 2.49. The first-order valence-electron chi connectivity index (χ1n) is 6.46. The van der Waals surface area contributed by atoms with Gasteiger partial charge in [-0.2, -0.15) is 5.10 Å². The Hall–Kier alpha value is -1.81. The molecule has 1 aromatic carbocycles. The molecule has 4 nitrogen and oxygen atoms in total. The average Bonchev–Trinajstić information content (AvgIpc) is 2.63. The first-order chi connectivity index (χ1) is 9.08. The molecule has 0 amide bonds. The van der Waals surface area contributed by atoms with Crippen molar-refractivity contribution in [2.24, 2.45) is 12.8 Å². The molecule has 0 atom stereocenters. The number of aryl methyl sites for hydroxylation is 2. The van der Waals surface area contributed by atoms with Crippen LogP contribution in [0.25, 0.3) is 11.1 Å². The highest BCUT2D eigenvalue weighted by Crippen LogP contribution is 2.35. The summed E-state index contributed by atoms with van der Waals surface area (Å²) in [5.74, 6) is 0.875. The molecular formula is C15H21N3O. The fourth-order valence-corrected chi connectivity index (χ4v) is 2.44. The Morgan fingerprint density at radius 3 is 2.58 bits per heavy atom. The van der Waals surface area contributed by atoms with E-state index in [1.807, 2.05) is 24.7 Å². The third-order valence-corrected chi connectivity index (χ3v) is 3.48. The predicted octanol–water partition coefficient (Wildman–Crippen LogP) is 2.21. The SMILES string of the molecule is COc1ccc(CCN)cc1-c1c(C)nn(C)c1C. The topological polar surface area (TPSA) is 53.1 Å². The summed E-state index contributed by atoms with van der Waals surface area (Å²) in [7, 11) is 3.66. The summed E-state index contributed by atoms with van der Waals surface area (Å²) < 4.78 is 7.39. The molecule has 0 aliphatic carbocycles. The van der Waals surface area contributed by atoms with Crippen molar-refractivity contribution in [2.45, 2.75) is 20.3 Å². The number of rotatable bonds is 4. The van der Waals surface area contributed by atoms with Gasteiger partial charge in [0.05, 0.1) is 12.8 Å². The quantitative estimate of drug-likeness (QED) is 0.916. The predicted molar refractivity (Wildman–Crippen MR) is 77.4 cm³/mol. The minimum absolute atomic E-state index is 0.650. The van der Waals surface area contributed by atoms with Crippen molar-refractivity contribution >= 4 is 0 Å². The fraction of sp³-hybridized carbons (Fsp3) is 0.400. The van der Waals surface area contributed by atoms with Crippen molar-refractivity contribution in [1.29, 1.82) is 0 Å². The zero-order valence-electron chi connectivity index (χ0n) is 12.0. The fourth-order valence-electron chi connectivity index (χ4n) is 2.44. The number of aromatic nitrogens is 2.